The first-order valence-corrected chi connectivity index (χ1v) is 6.32. The van der Waals surface area contributed by atoms with Gasteiger partial charge in [0.15, 0.2) is 0 Å². The average Bonchev–Trinajstić information content (AvgIpc) is 2.36. The smallest absolute Gasteiger partial charge is 0.246 e. The van der Waals surface area contributed by atoms with Gasteiger partial charge in [-0.05, 0) is 25.5 Å². The predicted octanol–water partition coefficient (Wildman–Crippen LogP) is 2.34. The minimum absolute atomic E-state index is 0.0563. The summed E-state index contributed by atoms with van der Waals surface area (Å²) in [4.78, 5) is 13.9. The second-order valence-corrected chi connectivity index (χ2v) is 4.74. The minimum atomic E-state index is 0.0563. The molecule has 2 rings (SSSR count). The molecule has 2 atom stereocenters. The van der Waals surface area contributed by atoms with Gasteiger partial charge in [-0.2, -0.15) is 0 Å². The van der Waals surface area contributed by atoms with Crippen molar-refractivity contribution in [3.63, 3.8) is 0 Å². The summed E-state index contributed by atoms with van der Waals surface area (Å²) in [5.74, 6) is 0.0563. The van der Waals surface area contributed by atoms with Crippen LogP contribution in [0, 0.1) is 0 Å². The van der Waals surface area contributed by atoms with Crippen LogP contribution < -0.4 is 0 Å². The van der Waals surface area contributed by atoms with Gasteiger partial charge >= 0.3 is 0 Å². The van der Waals surface area contributed by atoms with Crippen molar-refractivity contribution in [1.82, 2.24) is 4.90 Å². The fraction of sp³-hybridized carbons (Fsp3) is 0.400. The van der Waals surface area contributed by atoms with Crippen LogP contribution in [0.15, 0.2) is 36.4 Å². The van der Waals surface area contributed by atoms with Crippen LogP contribution in [0.3, 0.4) is 0 Å². The second-order valence-electron chi connectivity index (χ2n) is 4.74. The summed E-state index contributed by atoms with van der Waals surface area (Å²) in [6, 6.07) is 9.85. The van der Waals surface area contributed by atoms with Gasteiger partial charge in [0.1, 0.15) is 0 Å². The van der Waals surface area contributed by atoms with Crippen LogP contribution in [0.4, 0.5) is 0 Å². The van der Waals surface area contributed by atoms with E-state index in [2.05, 4.69) is 0 Å². The summed E-state index contributed by atoms with van der Waals surface area (Å²) in [5, 5.41) is 0. The fourth-order valence-electron chi connectivity index (χ4n) is 2.19. The molecule has 1 aromatic rings. The van der Waals surface area contributed by atoms with Crippen LogP contribution in [0.1, 0.15) is 19.4 Å². The van der Waals surface area contributed by atoms with Crippen LogP contribution in [0.25, 0.3) is 6.08 Å². The van der Waals surface area contributed by atoms with Crippen molar-refractivity contribution >= 4 is 12.0 Å². The zero-order chi connectivity index (χ0) is 13.0. The lowest BCUT2D eigenvalue weighted by Crippen LogP contribution is -2.47. The van der Waals surface area contributed by atoms with Crippen molar-refractivity contribution in [1.29, 1.82) is 0 Å². The Morgan fingerprint density at radius 1 is 1.22 bits per heavy atom. The van der Waals surface area contributed by atoms with E-state index in [0.717, 1.165) is 5.56 Å². The highest BCUT2D eigenvalue weighted by atomic mass is 16.5. The summed E-state index contributed by atoms with van der Waals surface area (Å²) < 4.78 is 5.61. The summed E-state index contributed by atoms with van der Waals surface area (Å²) in [7, 11) is 0. The molecular formula is C15H19NO2. The van der Waals surface area contributed by atoms with Gasteiger partial charge in [0.05, 0.1) is 12.2 Å². The summed E-state index contributed by atoms with van der Waals surface area (Å²) in [5.41, 5.74) is 1.04. The lowest BCUT2D eigenvalue weighted by Gasteiger charge is -2.34. The number of hydrogen-bond donors (Lipinski definition) is 0. The van der Waals surface area contributed by atoms with Gasteiger partial charge in [-0.1, -0.05) is 30.3 Å². The highest BCUT2D eigenvalue weighted by Gasteiger charge is 2.24. The van der Waals surface area contributed by atoms with Gasteiger partial charge in [0.2, 0.25) is 5.91 Å². The van der Waals surface area contributed by atoms with E-state index < -0.39 is 0 Å². The summed E-state index contributed by atoms with van der Waals surface area (Å²) in [6.45, 7) is 5.33. The van der Waals surface area contributed by atoms with E-state index in [4.69, 9.17) is 4.74 Å². The van der Waals surface area contributed by atoms with E-state index in [1.807, 2.05) is 55.2 Å². The molecule has 1 saturated heterocycles. The van der Waals surface area contributed by atoms with Crippen LogP contribution in [0.2, 0.25) is 0 Å². The Kier molecular flexibility index (Phi) is 4.15. The molecule has 96 valence electrons. The summed E-state index contributed by atoms with van der Waals surface area (Å²) in [6.07, 6.45) is 3.72. The maximum Gasteiger partial charge on any atom is 0.246 e. The number of carbonyl (C=O) groups excluding carboxylic acids is 1. The maximum absolute atomic E-state index is 12.0. The van der Waals surface area contributed by atoms with Gasteiger partial charge in [0.25, 0.3) is 0 Å². The van der Waals surface area contributed by atoms with Crippen LogP contribution in [-0.2, 0) is 9.53 Å². The predicted molar refractivity (Wildman–Crippen MR) is 72.1 cm³/mol. The molecule has 0 aliphatic carbocycles. The lowest BCUT2D eigenvalue weighted by molar-refractivity contribution is -0.137. The Morgan fingerprint density at radius 2 is 1.83 bits per heavy atom. The number of amides is 1. The molecule has 3 heteroatoms. The quantitative estimate of drug-likeness (QED) is 0.748. The van der Waals surface area contributed by atoms with Crippen LogP contribution >= 0.6 is 0 Å². The minimum Gasteiger partial charge on any atom is -0.372 e. The third-order valence-electron chi connectivity index (χ3n) is 2.95. The molecule has 1 amide bonds. The average molecular weight is 245 g/mol. The Bertz CT molecular complexity index is 417. The second kappa shape index (κ2) is 5.83. The van der Waals surface area contributed by atoms with Gasteiger partial charge in [-0.3, -0.25) is 4.79 Å². The zero-order valence-electron chi connectivity index (χ0n) is 10.9. The first-order chi connectivity index (χ1) is 8.65. The van der Waals surface area contributed by atoms with Crippen LogP contribution in [0.5, 0.6) is 0 Å². The molecule has 0 aromatic heterocycles. The van der Waals surface area contributed by atoms with Gasteiger partial charge in [-0.25, -0.2) is 0 Å². The zero-order valence-corrected chi connectivity index (χ0v) is 10.9. The number of hydrogen-bond acceptors (Lipinski definition) is 2. The van der Waals surface area contributed by atoms with Crippen molar-refractivity contribution in [3.05, 3.63) is 42.0 Å². The third kappa shape index (κ3) is 3.44. The van der Waals surface area contributed by atoms with Crippen molar-refractivity contribution in [2.45, 2.75) is 26.1 Å². The van der Waals surface area contributed by atoms with Gasteiger partial charge < -0.3 is 9.64 Å². The summed E-state index contributed by atoms with van der Waals surface area (Å²) >= 11 is 0. The molecule has 1 aliphatic heterocycles. The standard InChI is InChI=1S/C15H19NO2/c1-12-10-16(11-13(2)18-12)15(17)9-8-14-6-4-3-5-7-14/h3-9,12-13H,10-11H2,1-2H3/b9-8+. The number of nitrogens with zero attached hydrogens (tertiary/aromatic N) is 1. The molecular weight excluding hydrogens is 226 g/mol. The fourth-order valence-corrected chi connectivity index (χ4v) is 2.19. The van der Waals surface area contributed by atoms with E-state index in [1.165, 1.54) is 0 Å². The monoisotopic (exact) mass is 245 g/mol. The molecule has 1 heterocycles. The first-order valence-electron chi connectivity index (χ1n) is 6.32. The number of morpholine rings is 1. The van der Waals surface area contributed by atoms with E-state index in [-0.39, 0.29) is 18.1 Å². The first kappa shape index (κ1) is 12.8. The molecule has 2 unspecified atom stereocenters. The SMILES string of the molecule is CC1CN(C(=O)/C=C/c2ccccc2)CC(C)O1. The van der Waals surface area contributed by atoms with E-state index >= 15 is 0 Å². The Hall–Kier alpha value is -1.61. The van der Waals surface area contributed by atoms with Gasteiger partial charge in [-0.15, -0.1) is 0 Å². The molecule has 0 bridgehead atoms. The van der Waals surface area contributed by atoms with Crippen molar-refractivity contribution in [3.8, 4) is 0 Å². The number of carbonyl (C=O) groups is 1. The highest BCUT2D eigenvalue weighted by molar-refractivity contribution is 5.91. The molecule has 0 N–H and O–H groups in total. The largest absolute Gasteiger partial charge is 0.372 e. The molecule has 0 spiro atoms. The topological polar surface area (TPSA) is 29.5 Å². The molecule has 3 nitrogen and oxygen atoms in total. The Labute approximate surface area is 108 Å². The van der Waals surface area contributed by atoms with Crippen molar-refractivity contribution in [2.24, 2.45) is 0 Å². The van der Waals surface area contributed by atoms with E-state index in [9.17, 15) is 4.79 Å². The molecule has 1 aromatic carbocycles. The molecule has 0 saturated carbocycles. The Morgan fingerprint density at radius 3 is 2.44 bits per heavy atom. The lowest BCUT2D eigenvalue weighted by atomic mass is 10.2. The number of rotatable bonds is 2. The normalized spacial score (nSPS) is 24.4. The molecule has 0 radical (unpaired) electrons. The molecule has 1 aliphatic rings. The Balaban J connectivity index is 1.97. The van der Waals surface area contributed by atoms with Crippen molar-refractivity contribution in [2.75, 3.05) is 13.1 Å². The maximum atomic E-state index is 12.0. The number of ether oxygens (including phenoxy) is 1. The van der Waals surface area contributed by atoms with Crippen molar-refractivity contribution < 1.29 is 9.53 Å². The van der Waals surface area contributed by atoms with Gasteiger partial charge in [0, 0.05) is 19.2 Å². The molecule has 18 heavy (non-hydrogen) atoms. The third-order valence-corrected chi connectivity index (χ3v) is 2.95. The van der Waals surface area contributed by atoms with E-state index in [1.54, 1.807) is 6.08 Å². The van der Waals surface area contributed by atoms with Crippen LogP contribution in [-0.4, -0.2) is 36.1 Å². The highest BCUT2D eigenvalue weighted by Crippen LogP contribution is 2.11. The van der Waals surface area contributed by atoms with E-state index in [0.29, 0.717) is 13.1 Å². The molecule has 1 fully saturated rings. The number of benzene rings is 1.